The number of nitrogens with zero attached hydrogens (tertiary/aromatic N) is 1. The molecule has 0 aliphatic rings. The molecular weight excluding hydrogens is 354 g/mol. The van der Waals surface area contributed by atoms with Gasteiger partial charge in [-0.2, -0.15) is 0 Å². The van der Waals surface area contributed by atoms with Crippen molar-refractivity contribution < 1.29 is 14.7 Å². The Morgan fingerprint density at radius 1 is 1.29 bits per heavy atom. The summed E-state index contributed by atoms with van der Waals surface area (Å²) < 4.78 is 0.868. The van der Waals surface area contributed by atoms with Gasteiger partial charge in [-0.15, -0.1) is 11.3 Å². The zero-order chi connectivity index (χ0) is 15.4. The van der Waals surface area contributed by atoms with E-state index in [1.165, 1.54) is 16.2 Å². The molecule has 6 heteroatoms. The van der Waals surface area contributed by atoms with Gasteiger partial charge < -0.3 is 10.0 Å². The second kappa shape index (κ2) is 6.87. The van der Waals surface area contributed by atoms with E-state index in [0.717, 1.165) is 9.35 Å². The molecule has 1 amide bonds. The van der Waals surface area contributed by atoms with Crippen LogP contribution in [0.15, 0.2) is 39.5 Å². The lowest BCUT2D eigenvalue weighted by Crippen LogP contribution is -2.32. The van der Waals surface area contributed by atoms with Gasteiger partial charge >= 0.3 is 5.97 Å². The first kappa shape index (κ1) is 15.7. The number of hydrogen-bond acceptors (Lipinski definition) is 3. The first-order chi connectivity index (χ1) is 9.97. The van der Waals surface area contributed by atoms with Gasteiger partial charge in [0.2, 0.25) is 0 Å². The number of aryl methyl sites for hydroxylation is 1. The Morgan fingerprint density at radius 3 is 2.48 bits per heavy atom. The molecular formula is C15H14BrNO3S. The summed E-state index contributed by atoms with van der Waals surface area (Å²) >= 11 is 4.76. The standard InChI is InChI=1S/C15H14BrNO3S/c1-10-2-4-12(5-3-10)17(7-6-14(18)19)15(20)11-8-13(16)21-9-11/h2-5,8-9H,6-7H2,1H3,(H,18,19). The fraction of sp³-hybridized carbons (Fsp3) is 0.200. The molecule has 1 aromatic heterocycles. The van der Waals surface area contributed by atoms with E-state index in [4.69, 9.17) is 5.11 Å². The molecule has 0 atom stereocenters. The average molecular weight is 368 g/mol. The second-order valence-corrected chi connectivity index (χ2v) is 6.87. The summed E-state index contributed by atoms with van der Waals surface area (Å²) in [5, 5.41) is 10.6. The fourth-order valence-electron chi connectivity index (χ4n) is 1.86. The summed E-state index contributed by atoms with van der Waals surface area (Å²) in [6.07, 6.45) is -0.0923. The Balaban J connectivity index is 2.28. The lowest BCUT2D eigenvalue weighted by Gasteiger charge is -2.22. The number of aliphatic carboxylic acids is 1. The van der Waals surface area contributed by atoms with Crippen molar-refractivity contribution in [3.8, 4) is 0 Å². The maximum Gasteiger partial charge on any atom is 0.305 e. The molecule has 1 N–H and O–H groups in total. The monoisotopic (exact) mass is 367 g/mol. The molecule has 0 bridgehead atoms. The zero-order valence-corrected chi connectivity index (χ0v) is 13.8. The van der Waals surface area contributed by atoms with Crippen LogP contribution in [0, 0.1) is 6.92 Å². The molecule has 1 aromatic carbocycles. The van der Waals surface area contributed by atoms with Crippen LogP contribution in [0.4, 0.5) is 5.69 Å². The summed E-state index contributed by atoms with van der Waals surface area (Å²) in [7, 11) is 0. The third-order valence-corrected chi connectivity index (χ3v) is 4.46. The number of benzene rings is 1. The van der Waals surface area contributed by atoms with Crippen molar-refractivity contribution in [1.82, 2.24) is 0 Å². The van der Waals surface area contributed by atoms with Gasteiger partial charge in [0.15, 0.2) is 0 Å². The molecule has 0 saturated heterocycles. The summed E-state index contributed by atoms with van der Waals surface area (Å²) in [6, 6.07) is 9.21. The molecule has 1 heterocycles. The maximum absolute atomic E-state index is 12.6. The molecule has 0 radical (unpaired) electrons. The normalized spacial score (nSPS) is 10.4. The lowest BCUT2D eigenvalue weighted by molar-refractivity contribution is -0.136. The van der Waals surface area contributed by atoms with Crippen molar-refractivity contribution in [1.29, 1.82) is 0 Å². The van der Waals surface area contributed by atoms with Gasteiger partial charge in [0.05, 0.1) is 15.8 Å². The van der Waals surface area contributed by atoms with Gasteiger partial charge in [0, 0.05) is 17.6 Å². The lowest BCUT2D eigenvalue weighted by atomic mass is 10.2. The van der Waals surface area contributed by atoms with Gasteiger partial charge in [-0.05, 0) is 41.1 Å². The predicted octanol–water partition coefficient (Wildman–Crippen LogP) is 3.94. The van der Waals surface area contributed by atoms with Crippen LogP contribution in [0.1, 0.15) is 22.3 Å². The van der Waals surface area contributed by atoms with Crippen LogP contribution < -0.4 is 4.90 Å². The number of carbonyl (C=O) groups is 2. The third-order valence-electron chi connectivity index (χ3n) is 2.95. The van der Waals surface area contributed by atoms with E-state index in [9.17, 15) is 9.59 Å². The minimum Gasteiger partial charge on any atom is -0.481 e. The molecule has 0 saturated carbocycles. The minimum absolute atomic E-state index is 0.0923. The number of amides is 1. The molecule has 2 rings (SSSR count). The molecule has 0 spiro atoms. The number of carbonyl (C=O) groups excluding carboxylic acids is 1. The van der Waals surface area contributed by atoms with E-state index in [1.807, 2.05) is 31.2 Å². The molecule has 0 aliphatic carbocycles. The van der Waals surface area contributed by atoms with E-state index >= 15 is 0 Å². The van der Waals surface area contributed by atoms with Crippen LogP contribution >= 0.6 is 27.3 Å². The topological polar surface area (TPSA) is 57.6 Å². The SMILES string of the molecule is Cc1ccc(N(CCC(=O)O)C(=O)c2csc(Br)c2)cc1. The van der Waals surface area contributed by atoms with Crippen molar-refractivity contribution in [3.05, 3.63) is 50.6 Å². The Morgan fingerprint density at radius 2 is 1.95 bits per heavy atom. The van der Waals surface area contributed by atoms with Crippen LogP contribution in [-0.2, 0) is 4.79 Å². The summed E-state index contributed by atoms with van der Waals surface area (Å²) in [6.45, 7) is 2.11. The van der Waals surface area contributed by atoms with Gasteiger partial charge in [-0.25, -0.2) is 0 Å². The van der Waals surface area contributed by atoms with E-state index in [1.54, 1.807) is 11.4 Å². The largest absolute Gasteiger partial charge is 0.481 e. The van der Waals surface area contributed by atoms with Crippen molar-refractivity contribution in [2.24, 2.45) is 0 Å². The molecule has 0 unspecified atom stereocenters. The zero-order valence-electron chi connectivity index (χ0n) is 11.4. The Bertz CT molecular complexity index is 651. The highest BCUT2D eigenvalue weighted by Crippen LogP contribution is 2.24. The van der Waals surface area contributed by atoms with Crippen molar-refractivity contribution in [2.45, 2.75) is 13.3 Å². The number of carboxylic acid groups (broad SMARTS) is 1. The van der Waals surface area contributed by atoms with Crippen molar-refractivity contribution in [2.75, 3.05) is 11.4 Å². The smallest absolute Gasteiger partial charge is 0.305 e. The Kier molecular flexibility index (Phi) is 5.14. The molecule has 0 fully saturated rings. The van der Waals surface area contributed by atoms with E-state index < -0.39 is 5.97 Å². The van der Waals surface area contributed by atoms with Crippen molar-refractivity contribution in [3.63, 3.8) is 0 Å². The van der Waals surface area contributed by atoms with Crippen molar-refractivity contribution >= 4 is 44.8 Å². The quantitative estimate of drug-likeness (QED) is 0.870. The number of hydrogen-bond donors (Lipinski definition) is 1. The summed E-state index contributed by atoms with van der Waals surface area (Å²) in [5.41, 5.74) is 2.34. The summed E-state index contributed by atoms with van der Waals surface area (Å²) in [5.74, 6) is -1.12. The number of anilines is 1. The number of carboxylic acids is 1. The van der Waals surface area contributed by atoms with E-state index in [-0.39, 0.29) is 18.9 Å². The van der Waals surface area contributed by atoms with Gasteiger partial charge in [0.1, 0.15) is 0 Å². The van der Waals surface area contributed by atoms with Crippen LogP contribution in [0.5, 0.6) is 0 Å². The number of halogens is 1. The first-order valence-corrected chi connectivity index (χ1v) is 7.99. The highest BCUT2D eigenvalue weighted by atomic mass is 79.9. The second-order valence-electron chi connectivity index (χ2n) is 4.58. The molecule has 0 aliphatic heterocycles. The molecule has 21 heavy (non-hydrogen) atoms. The molecule has 110 valence electrons. The van der Waals surface area contributed by atoms with Gasteiger partial charge in [-0.1, -0.05) is 17.7 Å². The Hall–Kier alpha value is -1.66. The van der Waals surface area contributed by atoms with E-state index in [2.05, 4.69) is 15.9 Å². The van der Waals surface area contributed by atoms with Crippen LogP contribution in [0.3, 0.4) is 0 Å². The highest BCUT2D eigenvalue weighted by Gasteiger charge is 2.19. The third kappa shape index (κ3) is 4.15. The number of thiophene rings is 1. The molecule has 4 nitrogen and oxygen atoms in total. The van der Waals surface area contributed by atoms with Crippen LogP contribution in [0.2, 0.25) is 0 Å². The van der Waals surface area contributed by atoms with Gasteiger partial charge in [0.25, 0.3) is 5.91 Å². The van der Waals surface area contributed by atoms with Crippen LogP contribution in [-0.4, -0.2) is 23.5 Å². The predicted molar refractivity (Wildman–Crippen MR) is 87.1 cm³/mol. The average Bonchev–Trinajstić information content (AvgIpc) is 2.87. The van der Waals surface area contributed by atoms with E-state index in [0.29, 0.717) is 11.3 Å². The Labute approximate surface area is 135 Å². The number of rotatable bonds is 5. The van der Waals surface area contributed by atoms with Crippen LogP contribution in [0.25, 0.3) is 0 Å². The fourth-order valence-corrected chi connectivity index (χ4v) is 2.99. The summed E-state index contributed by atoms with van der Waals surface area (Å²) in [4.78, 5) is 24.9. The van der Waals surface area contributed by atoms with Gasteiger partial charge in [-0.3, -0.25) is 9.59 Å². The highest BCUT2D eigenvalue weighted by molar-refractivity contribution is 9.11. The minimum atomic E-state index is -0.925. The maximum atomic E-state index is 12.6. The molecule has 2 aromatic rings. The first-order valence-electron chi connectivity index (χ1n) is 6.32.